The smallest absolute Gasteiger partial charge is 0.246 e. The molecule has 1 aromatic heterocycles. The Morgan fingerprint density at radius 3 is 1.84 bits per heavy atom. The fourth-order valence-corrected chi connectivity index (χ4v) is 3.67. The maximum atomic E-state index is 5.59. The average Bonchev–Trinajstić information content (AvgIpc) is 2.74. The van der Waals surface area contributed by atoms with E-state index in [0.717, 1.165) is 34.0 Å². The van der Waals surface area contributed by atoms with Crippen molar-refractivity contribution in [1.82, 2.24) is 15.2 Å². The van der Waals surface area contributed by atoms with Gasteiger partial charge in [-0.25, -0.2) is 4.98 Å². The molecule has 0 bridgehead atoms. The zero-order valence-electron chi connectivity index (χ0n) is 19.6. The Labute approximate surface area is 185 Å². The standard InChI is InChI=1S/C25H33N5O/c1-8-31-22-15-11-20(12-16-22)24-23(19-9-13-21(14-10-19)29(6)7)26-25(28-27-24)30(17(2)3)18(4)5/h9-18H,8H2,1-7H3. The lowest BCUT2D eigenvalue weighted by Crippen LogP contribution is -2.38. The van der Waals surface area contributed by atoms with Gasteiger partial charge in [0, 0.05) is 43.0 Å². The largest absolute Gasteiger partial charge is 0.494 e. The minimum Gasteiger partial charge on any atom is -0.494 e. The molecule has 1 heterocycles. The van der Waals surface area contributed by atoms with Gasteiger partial charge in [-0.15, -0.1) is 10.2 Å². The molecule has 3 aromatic rings. The van der Waals surface area contributed by atoms with Crippen LogP contribution in [0.25, 0.3) is 22.5 Å². The minimum atomic E-state index is 0.266. The molecule has 0 unspecified atom stereocenters. The molecule has 0 saturated carbocycles. The Morgan fingerprint density at radius 2 is 1.32 bits per heavy atom. The lowest BCUT2D eigenvalue weighted by molar-refractivity contribution is 0.340. The second-order valence-electron chi connectivity index (χ2n) is 8.30. The molecule has 6 heteroatoms. The van der Waals surface area contributed by atoms with E-state index in [0.29, 0.717) is 12.6 Å². The lowest BCUT2D eigenvalue weighted by atomic mass is 10.0. The van der Waals surface area contributed by atoms with Gasteiger partial charge in [-0.2, -0.15) is 0 Å². The van der Waals surface area contributed by atoms with Crippen LogP contribution in [0.2, 0.25) is 0 Å². The van der Waals surface area contributed by atoms with E-state index in [2.05, 4.69) is 72.0 Å². The van der Waals surface area contributed by atoms with Crippen LogP contribution in [0.15, 0.2) is 48.5 Å². The second kappa shape index (κ2) is 9.77. The summed E-state index contributed by atoms with van der Waals surface area (Å²) in [6.07, 6.45) is 0. The van der Waals surface area contributed by atoms with Crippen LogP contribution in [0.4, 0.5) is 11.6 Å². The Kier molecular flexibility index (Phi) is 7.10. The summed E-state index contributed by atoms with van der Waals surface area (Å²) in [6, 6.07) is 16.9. The zero-order chi connectivity index (χ0) is 22.5. The normalized spacial score (nSPS) is 11.1. The molecule has 2 aromatic carbocycles. The Bertz CT molecular complexity index is 974. The summed E-state index contributed by atoms with van der Waals surface area (Å²) in [5, 5.41) is 9.15. The molecule has 3 rings (SSSR count). The van der Waals surface area contributed by atoms with Crippen molar-refractivity contribution in [2.75, 3.05) is 30.5 Å². The highest BCUT2D eigenvalue weighted by molar-refractivity contribution is 5.79. The maximum Gasteiger partial charge on any atom is 0.246 e. The van der Waals surface area contributed by atoms with Crippen molar-refractivity contribution in [3.05, 3.63) is 48.5 Å². The molecule has 6 nitrogen and oxygen atoms in total. The number of hydrogen-bond donors (Lipinski definition) is 0. The van der Waals surface area contributed by atoms with Crippen molar-refractivity contribution >= 4 is 11.6 Å². The van der Waals surface area contributed by atoms with Crippen LogP contribution >= 0.6 is 0 Å². The van der Waals surface area contributed by atoms with Crippen LogP contribution in [-0.2, 0) is 0 Å². The molecular weight excluding hydrogens is 386 g/mol. The quantitative estimate of drug-likeness (QED) is 0.494. The summed E-state index contributed by atoms with van der Waals surface area (Å²) in [6.45, 7) is 11.2. The molecule has 164 valence electrons. The fraction of sp³-hybridized carbons (Fsp3) is 0.400. The average molecular weight is 420 g/mol. The predicted molar refractivity (Wildman–Crippen MR) is 129 cm³/mol. The SMILES string of the molecule is CCOc1ccc(-c2nnc(N(C(C)C)C(C)C)nc2-c2ccc(N(C)C)cc2)cc1. The van der Waals surface area contributed by atoms with Gasteiger partial charge in [-0.3, -0.25) is 0 Å². The van der Waals surface area contributed by atoms with Crippen molar-refractivity contribution in [3.8, 4) is 28.3 Å². The fourth-order valence-electron chi connectivity index (χ4n) is 3.67. The maximum absolute atomic E-state index is 5.59. The summed E-state index contributed by atoms with van der Waals surface area (Å²) in [4.78, 5) is 9.27. The van der Waals surface area contributed by atoms with E-state index in [4.69, 9.17) is 9.72 Å². The van der Waals surface area contributed by atoms with E-state index in [1.807, 2.05) is 45.3 Å². The van der Waals surface area contributed by atoms with Crippen LogP contribution in [0.3, 0.4) is 0 Å². The first-order valence-corrected chi connectivity index (χ1v) is 10.9. The number of hydrogen-bond acceptors (Lipinski definition) is 6. The molecular formula is C25H33N5O. The van der Waals surface area contributed by atoms with Gasteiger partial charge in [0.15, 0.2) is 0 Å². The highest BCUT2D eigenvalue weighted by Crippen LogP contribution is 2.32. The van der Waals surface area contributed by atoms with Gasteiger partial charge < -0.3 is 14.5 Å². The lowest BCUT2D eigenvalue weighted by Gasteiger charge is -2.30. The van der Waals surface area contributed by atoms with E-state index in [-0.39, 0.29) is 12.1 Å². The van der Waals surface area contributed by atoms with E-state index in [1.165, 1.54) is 0 Å². The summed E-state index contributed by atoms with van der Waals surface area (Å²) < 4.78 is 5.59. The van der Waals surface area contributed by atoms with E-state index in [1.54, 1.807) is 0 Å². The molecule has 0 spiro atoms. The summed E-state index contributed by atoms with van der Waals surface area (Å²) in [5.74, 6) is 1.48. The topological polar surface area (TPSA) is 54.4 Å². The van der Waals surface area contributed by atoms with Crippen LogP contribution in [0, 0.1) is 0 Å². The van der Waals surface area contributed by atoms with Crippen LogP contribution in [-0.4, -0.2) is 48.0 Å². The summed E-state index contributed by atoms with van der Waals surface area (Å²) in [5.41, 5.74) is 4.70. The number of anilines is 2. The van der Waals surface area contributed by atoms with Gasteiger partial charge in [0.1, 0.15) is 17.1 Å². The van der Waals surface area contributed by atoms with Gasteiger partial charge in [0.05, 0.1) is 6.61 Å². The summed E-state index contributed by atoms with van der Waals surface area (Å²) >= 11 is 0. The van der Waals surface area contributed by atoms with Crippen molar-refractivity contribution in [2.24, 2.45) is 0 Å². The third-order valence-corrected chi connectivity index (χ3v) is 5.12. The Balaban J connectivity index is 2.13. The van der Waals surface area contributed by atoms with Gasteiger partial charge in [0.25, 0.3) is 0 Å². The third-order valence-electron chi connectivity index (χ3n) is 5.12. The molecule has 0 aliphatic rings. The molecule has 0 atom stereocenters. The highest BCUT2D eigenvalue weighted by atomic mass is 16.5. The van der Waals surface area contributed by atoms with Crippen molar-refractivity contribution in [3.63, 3.8) is 0 Å². The first-order valence-electron chi connectivity index (χ1n) is 10.9. The monoisotopic (exact) mass is 419 g/mol. The first kappa shape index (κ1) is 22.5. The van der Waals surface area contributed by atoms with Crippen molar-refractivity contribution < 1.29 is 4.74 Å². The predicted octanol–water partition coefficient (Wildman–Crippen LogP) is 5.29. The highest BCUT2D eigenvalue weighted by Gasteiger charge is 2.21. The third kappa shape index (κ3) is 5.13. The van der Waals surface area contributed by atoms with Gasteiger partial charge in [-0.05, 0) is 71.0 Å². The van der Waals surface area contributed by atoms with Crippen molar-refractivity contribution in [2.45, 2.75) is 46.7 Å². The molecule has 0 saturated heterocycles. The number of ether oxygens (including phenoxy) is 1. The first-order chi connectivity index (χ1) is 14.8. The van der Waals surface area contributed by atoms with E-state index in [9.17, 15) is 0 Å². The van der Waals surface area contributed by atoms with Crippen molar-refractivity contribution in [1.29, 1.82) is 0 Å². The van der Waals surface area contributed by atoms with Crippen LogP contribution < -0.4 is 14.5 Å². The van der Waals surface area contributed by atoms with E-state index < -0.39 is 0 Å². The number of nitrogens with zero attached hydrogens (tertiary/aromatic N) is 5. The molecule has 31 heavy (non-hydrogen) atoms. The molecule has 0 fully saturated rings. The molecule has 0 aliphatic carbocycles. The van der Waals surface area contributed by atoms with Gasteiger partial charge >= 0.3 is 0 Å². The zero-order valence-corrected chi connectivity index (χ0v) is 19.6. The van der Waals surface area contributed by atoms with E-state index >= 15 is 0 Å². The second-order valence-corrected chi connectivity index (χ2v) is 8.30. The number of aromatic nitrogens is 3. The number of rotatable bonds is 8. The van der Waals surface area contributed by atoms with Gasteiger partial charge in [-0.1, -0.05) is 12.1 Å². The Hall–Kier alpha value is -3.15. The number of benzene rings is 2. The molecule has 0 aliphatic heterocycles. The summed E-state index contributed by atoms with van der Waals surface area (Å²) in [7, 11) is 4.07. The Morgan fingerprint density at radius 1 is 0.774 bits per heavy atom. The molecule has 0 radical (unpaired) electrons. The van der Waals surface area contributed by atoms with Gasteiger partial charge in [0.2, 0.25) is 5.95 Å². The molecule has 0 amide bonds. The van der Waals surface area contributed by atoms with Crippen LogP contribution in [0.5, 0.6) is 5.75 Å². The van der Waals surface area contributed by atoms with Crippen LogP contribution in [0.1, 0.15) is 34.6 Å². The minimum absolute atomic E-state index is 0.266. The molecule has 0 N–H and O–H groups in total.